The van der Waals surface area contributed by atoms with E-state index in [-0.39, 0.29) is 6.42 Å². The Morgan fingerprint density at radius 2 is 2.53 bits per heavy atom. The van der Waals surface area contributed by atoms with Crippen LogP contribution in [0.15, 0.2) is 11.4 Å². The molecule has 5 heteroatoms. The maximum absolute atomic E-state index is 10.7. The monoisotopic (exact) mass is 273 g/mol. The molecule has 0 saturated carbocycles. The van der Waals surface area contributed by atoms with Crippen molar-refractivity contribution in [2.24, 2.45) is 5.92 Å². The number of carboxylic acids is 1. The van der Waals surface area contributed by atoms with Gasteiger partial charge in [0.1, 0.15) is 0 Å². The van der Waals surface area contributed by atoms with E-state index in [2.05, 4.69) is 17.2 Å². The number of halogens is 1. The Bertz CT molecular complexity index is 407. The van der Waals surface area contributed by atoms with Gasteiger partial charge in [-0.3, -0.25) is 9.69 Å². The first-order valence-electron chi connectivity index (χ1n) is 5.76. The molecule has 1 fully saturated rings. The van der Waals surface area contributed by atoms with E-state index in [0.29, 0.717) is 12.0 Å². The minimum Gasteiger partial charge on any atom is -0.481 e. The Hall–Kier alpha value is -0.580. The summed E-state index contributed by atoms with van der Waals surface area (Å²) in [6.07, 6.45) is 1.27. The summed E-state index contributed by atoms with van der Waals surface area (Å²) < 4.78 is 0.813. The topological polar surface area (TPSA) is 40.5 Å². The van der Waals surface area contributed by atoms with Gasteiger partial charge in [0, 0.05) is 19.0 Å². The number of nitrogens with zero attached hydrogens (tertiary/aromatic N) is 1. The molecule has 1 aliphatic rings. The van der Waals surface area contributed by atoms with E-state index in [1.54, 1.807) is 11.3 Å². The van der Waals surface area contributed by atoms with Gasteiger partial charge < -0.3 is 5.11 Å². The summed E-state index contributed by atoms with van der Waals surface area (Å²) in [5, 5.41) is 10.9. The Balaban J connectivity index is 1.94. The van der Waals surface area contributed by atoms with Gasteiger partial charge in [-0.05, 0) is 42.8 Å². The van der Waals surface area contributed by atoms with Gasteiger partial charge in [0.2, 0.25) is 0 Å². The predicted molar refractivity (Wildman–Crippen MR) is 69.7 cm³/mol. The lowest BCUT2D eigenvalue weighted by Crippen LogP contribution is -2.24. The summed E-state index contributed by atoms with van der Waals surface area (Å²) in [5.74, 6) is -0.396. The summed E-state index contributed by atoms with van der Waals surface area (Å²) in [6.45, 7) is 4.01. The highest BCUT2D eigenvalue weighted by atomic mass is 35.5. The summed E-state index contributed by atoms with van der Waals surface area (Å²) in [4.78, 5) is 13.0. The second-order valence-electron chi connectivity index (χ2n) is 4.61. The van der Waals surface area contributed by atoms with Crippen molar-refractivity contribution in [1.29, 1.82) is 0 Å². The summed E-state index contributed by atoms with van der Waals surface area (Å²) in [6, 6.07) is 2.33. The van der Waals surface area contributed by atoms with Crippen LogP contribution in [0.1, 0.15) is 31.4 Å². The standard InChI is InChI=1S/C12H16ClNO2S/c1-8(10-5-11(13)17-7-10)14-3-2-9(6-14)4-12(15)16/h5,7-9H,2-4,6H2,1H3,(H,15,16). The van der Waals surface area contributed by atoms with Crippen molar-refractivity contribution in [1.82, 2.24) is 4.90 Å². The molecule has 3 nitrogen and oxygen atoms in total. The highest BCUT2D eigenvalue weighted by Gasteiger charge is 2.28. The van der Waals surface area contributed by atoms with Crippen LogP contribution in [-0.2, 0) is 4.79 Å². The number of hydrogen-bond acceptors (Lipinski definition) is 3. The molecule has 2 atom stereocenters. The number of likely N-dealkylation sites (tertiary alicyclic amines) is 1. The second kappa shape index (κ2) is 5.38. The Kier molecular flexibility index (Phi) is 4.07. The first-order valence-corrected chi connectivity index (χ1v) is 7.02. The van der Waals surface area contributed by atoms with E-state index >= 15 is 0 Å². The van der Waals surface area contributed by atoms with Crippen LogP contribution in [0.25, 0.3) is 0 Å². The van der Waals surface area contributed by atoms with Crippen LogP contribution in [-0.4, -0.2) is 29.1 Å². The van der Waals surface area contributed by atoms with Gasteiger partial charge in [-0.2, -0.15) is 0 Å². The summed E-state index contributed by atoms with van der Waals surface area (Å²) >= 11 is 7.48. The van der Waals surface area contributed by atoms with Crippen molar-refractivity contribution < 1.29 is 9.90 Å². The average Bonchev–Trinajstić information content (AvgIpc) is 2.85. The molecule has 1 aromatic rings. The molecule has 0 aromatic carbocycles. The third-order valence-corrected chi connectivity index (χ3v) is 4.51. The number of aliphatic carboxylic acids is 1. The molecule has 1 saturated heterocycles. The van der Waals surface area contributed by atoms with Crippen LogP contribution in [0.2, 0.25) is 4.34 Å². The van der Waals surface area contributed by atoms with Crippen LogP contribution in [0.3, 0.4) is 0 Å². The van der Waals surface area contributed by atoms with Gasteiger partial charge in [-0.25, -0.2) is 0 Å². The van der Waals surface area contributed by atoms with Crippen molar-refractivity contribution >= 4 is 28.9 Å². The van der Waals surface area contributed by atoms with Gasteiger partial charge in [0.15, 0.2) is 0 Å². The zero-order valence-electron chi connectivity index (χ0n) is 9.73. The van der Waals surface area contributed by atoms with Crippen LogP contribution in [0.5, 0.6) is 0 Å². The molecule has 0 amide bonds. The lowest BCUT2D eigenvalue weighted by atomic mass is 10.1. The van der Waals surface area contributed by atoms with Gasteiger partial charge in [0.05, 0.1) is 4.34 Å². The van der Waals surface area contributed by atoms with E-state index in [0.717, 1.165) is 23.8 Å². The zero-order valence-corrected chi connectivity index (χ0v) is 11.3. The first-order chi connectivity index (χ1) is 8.06. The van der Waals surface area contributed by atoms with Crippen molar-refractivity contribution in [3.05, 3.63) is 21.3 Å². The molecular weight excluding hydrogens is 258 g/mol. The Morgan fingerprint density at radius 3 is 3.12 bits per heavy atom. The quantitative estimate of drug-likeness (QED) is 0.915. The SMILES string of the molecule is CC(c1csc(Cl)c1)N1CCC(CC(=O)O)C1. The largest absolute Gasteiger partial charge is 0.481 e. The number of rotatable bonds is 4. The smallest absolute Gasteiger partial charge is 0.303 e. The normalized spacial score (nSPS) is 22.8. The van der Waals surface area contributed by atoms with Gasteiger partial charge in [-0.1, -0.05) is 11.6 Å². The predicted octanol–water partition coefficient (Wildman–Crippen LogP) is 3.26. The third-order valence-electron chi connectivity index (χ3n) is 3.40. The lowest BCUT2D eigenvalue weighted by molar-refractivity contribution is -0.138. The van der Waals surface area contributed by atoms with Crippen LogP contribution >= 0.6 is 22.9 Å². The van der Waals surface area contributed by atoms with E-state index in [4.69, 9.17) is 16.7 Å². The van der Waals surface area contributed by atoms with Crippen LogP contribution < -0.4 is 0 Å². The van der Waals surface area contributed by atoms with Gasteiger partial charge in [-0.15, -0.1) is 11.3 Å². The molecule has 1 aliphatic heterocycles. The lowest BCUT2D eigenvalue weighted by Gasteiger charge is -2.23. The van der Waals surface area contributed by atoms with Crippen molar-refractivity contribution in [3.63, 3.8) is 0 Å². The highest BCUT2D eigenvalue weighted by Crippen LogP contribution is 2.32. The fourth-order valence-electron chi connectivity index (χ4n) is 2.38. The maximum Gasteiger partial charge on any atom is 0.303 e. The van der Waals surface area contributed by atoms with Crippen LogP contribution in [0, 0.1) is 5.92 Å². The molecule has 0 spiro atoms. The molecule has 17 heavy (non-hydrogen) atoms. The summed E-state index contributed by atoms with van der Waals surface area (Å²) in [5.41, 5.74) is 1.23. The number of hydrogen-bond donors (Lipinski definition) is 1. The van der Waals surface area contributed by atoms with Gasteiger partial charge in [0.25, 0.3) is 0 Å². The fraction of sp³-hybridized carbons (Fsp3) is 0.583. The van der Waals surface area contributed by atoms with E-state index < -0.39 is 5.97 Å². The fourth-order valence-corrected chi connectivity index (χ4v) is 3.36. The number of carboxylic acid groups (broad SMARTS) is 1. The minimum absolute atomic E-state index is 0.285. The second-order valence-corrected chi connectivity index (χ2v) is 6.15. The molecule has 2 heterocycles. The maximum atomic E-state index is 10.7. The highest BCUT2D eigenvalue weighted by molar-refractivity contribution is 7.14. The van der Waals surface area contributed by atoms with Gasteiger partial charge >= 0.3 is 5.97 Å². The average molecular weight is 274 g/mol. The number of carbonyl (C=O) groups is 1. The molecular formula is C12H16ClNO2S. The van der Waals surface area contributed by atoms with Crippen molar-refractivity contribution in [2.75, 3.05) is 13.1 Å². The van der Waals surface area contributed by atoms with Crippen LogP contribution in [0.4, 0.5) is 0 Å². The van der Waals surface area contributed by atoms with E-state index in [1.165, 1.54) is 5.56 Å². The summed E-state index contributed by atoms with van der Waals surface area (Å²) in [7, 11) is 0. The third kappa shape index (κ3) is 3.21. The van der Waals surface area contributed by atoms with Crippen molar-refractivity contribution in [3.8, 4) is 0 Å². The Morgan fingerprint density at radius 1 is 1.76 bits per heavy atom. The molecule has 1 N–H and O–H groups in total. The number of thiophene rings is 1. The van der Waals surface area contributed by atoms with E-state index in [9.17, 15) is 4.79 Å². The zero-order chi connectivity index (χ0) is 12.4. The van der Waals surface area contributed by atoms with E-state index in [1.807, 2.05) is 6.07 Å². The molecule has 0 aliphatic carbocycles. The van der Waals surface area contributed by atoms with Crippen molar-refractivity contribution in [2.45, 2.75) is 25.8 Å². The first kappa shape index (κ1) is 12.9. The molecule has 94 valence electrons. The minimum atomic E-state index is -0.692. The molecule has 0 bridgehead atoms. The molecule has 2 rings (SSSR count). The Labute approximate surface area is 110 Å². The molecule has 2 unspecified atom stereocenters. The molecule has 1 aromatic heterocycles. The molecule has 0 radical (unpaired) electrons.